The third kappa shape index (κ3) is 18.4. The monoisotopic (exact) mass is 1770 g/mol. The largest absolute Gasteiger partial charge is 0.304 e. The Morgan fingerprint density at radius 2 is 0.728 bits per heavy atom. The summed E-state index contributed by atoms with van der Waals surface area (Å²) in [5.41, 5.74) is 15.4. The van der Waals surface area contributed by atoms with Crippen molar-refractivity contribution in [3.05, 3.63) is 314 Å². The van der Waals surface area contributed by atoms with Crippen molar-refractivity contribution >= 4 is 0 Å². The Kier molecular flexibility index (Phi) is 23.2. The average molecular weight is 1770 g/mol. The second-order valence-electron chi connectivity index (χ2n) is 17.0. The number of aryl methyl sites for hydroxylation is 1. The van der Waals surface area contributed by atoms with Crippen LogP contribution >= 0.6 is 0 Å². The van der Waals surface area contributed by atoms with Gasteiger partial charge >= 0.3 is 0 Å². The fourth-order valence-corrected chi connectivity index (χ4v) is 7.80. The predicted octanol–water partition coefficient (Wildman–Crippen LogP) is 17.3. The summed E-state index contributed by atoms with van der Waals surface area (Å²) < 4.78 is 65.1. The maximum atomic E-state index is 13.1. The smallest absolute Gasteiger partial charge is 0.123 e. The molecule has 406 valence electrons. The number of pyridine rings is 4. The number of nitrogens with zero attached hydrogens (tertiary/aromatic N) is 5. The number of hydrogen-bond donors (Lipinski definition) is 0. The SMILES string of the molecule is Cc1cc(F)ccc1-c1ccc(-c2[c-]cccc2)nc1.Fc1ccc(-c2ccc(-c3[c-]cccc3)nc2)cc1.N#Cc1ccc(-c2ccc(-c3[c-]cccc3)nc2)cc1.[2H]c1c([2H])c([2H])c(-c2ccc(-c3[c-]cccc3)nc2)c([2H])c1[2H].[Ir].[Ir].[Ir].[Ir]. The van der Waals surface area contributed by atoms with E-state index in [1.807, 2.05) is 171 Å². The van der Waals surface area contributed by atoms with Crippen LogP contribution in [0.2, 0.25) is 0 Å². The van der Waals surface area contributed by atoms with Gasteiger partial charge in [-0.3, -0.25) is 0 Å². The van der Waals surface area contributed by atoms with Crippen LogP contribution in [0.3, 0.4) is 0 Å². The van der Waals surface area contributed by atoms with Crippen LogP contribution in [0.15, 0.2) is 267 Å². The van der Waals surface area contributed by atoms with E-state index >= 15 is 0 Å². The predicted molar refractivity (Wildman–Crippen MR) is 305 cm³/mol. The van der Waals surface area contributed by atoms with Crippen LogP contribution in [-0.2, 0) is 80.4 Å². The van der Waals surface area contributed by atoms with Gasteiger partial charge in [-0.25, -0.2) is 8.78 Å². The van der Waals surface area contributed by atoms with Gasteiger partial charge < -0.3 is 19.9 Å². The van der Waals surface area contributed by atoms with Crippen molar-refractivity contribution in [2.45, 2.75) is 6.92 Å². The minimum Gasteiger partial charge on any atom is -0.304 e. The molecule has 12 rings (SSSR count). The first kappa shape index (κ1) is 56.6. The van der Waals surface area contributed by atoms with Crippen LogP contribution in [0.5, 0.6) is 0 Å². The van der Waals surface area contributed by atoms with Crippen LogP contribution in [0, 0.1) is 54.2 Å². The van der Waals surface area contributed by atoms with E-state index in [1.165, 1.54) is 30.5 Å². The molecule has 0 saturated carbocycles. The quantitative estimate of drug-likeness (QED) is 0.142. The maximum Gasteiger partial charge on any atom is 0.123 e. The molecule has 0 bridgehead atoms. The molecule has 0 aliphatic carbocycles. The summed E-state index contributed by atoms with van der Waals surface area (Å²) in [6, 6.07) is 77.8. The normalized spacial score (nSPS) is 10.6. The van der Waals surface area contributed by atoms with E-state index in [0.29, 0.717) is 16.8 Å². The van der Waals surface area contributed by atoms with Gasteiger partial charge in [-0.15, -0.1) is 144 Å². The summed E-state index contributed by atoms with van der Waals surface area (Å²) >= 11 is 0. The van der Waals surface area contributed by atoms with Gasteiger partial charge in [0.15, 0.2) is 0 Å². The molecule has 8 aromatic carbocycles. The summed E-state index contributed by atoms with van der Waals surface area (Å²) in [7, 11) is 0. The summed E-state index contributed by atoms with van der Waals surface area (Å²) in [6.45, 7) is 1.90. The Bertz CT molecular complexity index is 4060. The molecule has 5 nitrogen and oxygen atoms in total. The fourth-order valence-electron chi connectivity index (χ4n) is 7.80. The van der Waals surface area contributed by atoms with E-state index < -0.39 is 6.04 Å². The molecule has 4 radical (unpaired) electrons. The standard InChI is InChI=1S/C18H13FN.C18H11N2.C17H11FN.C17H12N.4Ir/c1-13-11-16(19)8-9-17(13)15-7-10-18(20-12-15)14-5-3-2-4-6-14;19-12-14-6-8-15(9-7-14)17-10-11-18(20-13-17)16-4-2-1-3-5-16;18-16-9-6-13(7-10-16)15-8-11-17(19-12-15)14-4-2-1-3-5-14;1-3-7-14(8-4-1)16-11-12-17(18-13-16)15-9-5-2-6-10-15;;;;/h2-5,7-12H,1H3;1-4,6-11,13H;1-4,6-12H;1-9,11-13H;;;;/q4*-1;;;;/i;;;1D,3D,4D,7D,8D;;;;. The number of benzene rings is 8. The molecule has 11 heteroatoms. The van der Waals surface area contributed by atoms with E-state index in [0.717, 1.165) is 78.3 Å². The summed E-state index contributed by atoms with van der Waals surface area (Å²) in [4.78, 5) is 17.7. The van der Waals surface area contributed by atoms with Crippen LogP contribution in [0.4, 0.5) is 8.78 Å². The molecule has 4 heterocycles. The third-order valence-corrected chi connectivity index (χ3v) is 11.8. The van der Waals surface area contributed by atoms with Crippen molar-refractivity contribution in [3.63, 3.8) is 0 Å². The summed E-state index contributed by atoms with van der Waals surface area (Å²) in [5.74, 6) is -0.443. The molecule has 12 aromatic rings. The van der Waals surface area contributed by atoms with Gasteiger partial charge in [-0.1, -0.05) is 109 Å². The van der Waals surface area contributed by atoms with Gasteiger partial charge in [0.05, 0.1) is 18.5 Å². The second-order valence-corrected chi connectivity index (χ2v) is 17.0. The first-order chi connectivity index (χ1) is 39.9. The summed E-state index contributed by atoms with van der Waals surface area (Å²) in [5, 5.41) is 8.80. The van der Waals surface area contributed by atoms with Gasteiger partial charge in [0.2, 0.25) is 0 Å². The minimum absolute atomic E-state index is 0. The average Bonchev–Trinajstić information content (AvgIpc) is 3.06. The number of halogens is 2. The van der Waals surface area contributed by atoms with Gasteiger partial charge in [0, 0.05) is 105 Å². The zero-order valence-corrected chi connectivity index (χ0v) is 52.4. The first-order valence-electron chi connectivity index (χ1n) is 26.8. The van der Waals surface area contributed by atoms with Crippen molar-refractivity contribution in [2.75, 3.05) is 0 Å². The van der Waals surface area contributed by atoms with Gasteiger partial charge in [-0.2, -0.15) is 5.26 Å². The molecule has 0 N–H and O–H groups in total. The fraction of sp³-hybridized carbons (Fsp3) is 0.0143. The Hall–Kier alpha value is -7.69. The zero-order chi connectivity index (χ0) is 57.4. The van der Waals surface area contributed by atoms with Gasteiger partial charge in [0.25, 0.3) is 0 Å². The van der Waals surface area contributed by atoms with Crippen molar-refractivity contribution in [2.24, 2.45) is 0 Å². The molecule has 0 saturated heterocycles. The molecule has 0 spiro atoms. The number of aromatic nitrogens is 4. The van der Waals surface area contributed by atoms with Crippen LogP contribution in [0.25, 0.3) is 89.5 Å². The molecule has 0 aliphatic rings. The molecule has 0 aliphatic heterocycles. The van der Waals surface area contributed by atoms with Crippen LogP contribution < -0.4 is 0 Å². The number of hydrogen-bond acceptors (Lipinski definition) is 5. The van der Waals surface area contributed by atoms with E-state index in [1.54, 1.807) is 42.6 Å². The Labute approximate surface area is 533 Å². The Balaban J connectivity index is 0.000000207. The minimum atomic E-state index is -0.396. The molecule has 0 amide bonds. The van der Waals surface area contributed by atoms with Gasteiger partial charge in [0.1, 0.15) is 11.6 Å². The number of rotatable bonds is 8. The van der Waals surface area contributed by atoms with Crippen molar-refractivity contribution < 1.29 is 96.1 Å². The van der Waals surface area contributed by atoms with Gasteiger partial charge in [-0.05, 0) is 116 Å². The van der Waals surface area contributed by atoms with Crippen molar-refractivity contribution in [1.82, 2.24) is 19.9 Å². The maximum absolute atomic E-state index is 13.1. The van der Waals surface area contributed by atoms with Crippen molar-refractivity contribution in [3.8, 4) is 95.6 Å². The van der Waals surface area contributed by atoms with Crippen molar-refractivity contribution in [1.29, 1.82) is 5.26 Å². The Morgan fingerprint density at radius 3 is 1.06 bits per heavy atom. The molecule has 0 unspecified atom stereocenters. The molecular weight excluding hydrogens is 1720 g/mol. The van der Waals surface area contributed by atoms with E-state index in [-0.39, 0.29) is 122 Å². The molecule has 0 fully saturated rings. The topological polar surface area (TPSA) is 75.3 Å². The third-order valence-electron chi connectivity index (χ3n) is 11.8. The molecule has 4 aromatic heterocycles. The molecule has 0 atom stereocenters. The molecular formula is C70H47F2Ir4N5-4. The van der Waals surface area contributed by atoms with E-state index in [2.05, 4.69) is 50.3 Å². The van der Waals surface area contributed by atoms with E-state index in [4.69, 9.17) is 12.1 Å². The second kappa shape index (κ2) is 33.2. The molecule has 81 heavy (non-hydrogen) atoms. The Morgan fingerprint density at radius 1 is 0.383 bits per heavy atom. The number of nitriles is 1. The summed E-state index contributed by atoms with van der Waals surface area (Å²) in [6.07, 6.45) is 6.97. The first-order valence-corrected chi connectivity index (χ1v) is 24.3. The van der Waals surface area contributed by atoms with Crippen LogP contribution in [-0.4, -0.2) is 19.9 Å². The zero-order valence-electron chi connectivity index (χ0n) is 47.8. The van der Waals surface area contributed by atoms with E-state index in [9.17, 15) is 8.78 Å². The van der Waals surface area contributed by atoms with Crippen LogP contribution in [0.1, 0.15) is 18.0 Å².